The van der Waals surface area contributed by atoms with Crippen LogP contribution in [0.5, 0.6) is 0 Å². The first-order valence-electron chi connectivity index (χ1n) is 3.15. The van der Waals surface area contributed by atoms with E-state index in [2.05, 4.69) is 0 Å². The molecule has 1 atom stereocenters. The molecule has 1 amide bonds. The summed E-state index contributed by atoms with van der Waals surface area (Å²) in [6.07, 6.45) is 1.64. The maximum Gasteiger partial charge on any atom is 0.316 e. The van der Waals surface area contributed by atoms with Crippen molar-refractivity contribution < 1.29 is 14.7 Å². The Balaban J connectivity index is 2.58. The number of amides is 1. The van der Waals surface area contributed by atoms with E-state index in [1.165, 1.54) is 0 Å². The van der Waals surface area contributed by atoms with Gasteiger partial charge in [-0.25, -0.2) is 0 Å². The predicted molar refractivity (Wildman–Crippen MR) is 33.0 cm³/mol. The number of aliphatic carboxylic acids is 1. The van der Waals surface area contributed by atoms with Gasteiger partial charge in [-0.15, -0.1) is 0 Å². The molecule has 56 valence electrons. The standard InChI is InChI=1S/C6H9NO3/c7-5(8)4(6(9)10)3-1-2-3/h3-4H,1-2H2,(H2,7,8)(H,9,10). The number of hydrogen-bond donors (Lipinski definition) is 2. The zero-order chi connectivity index (χ0) is 7.72. The van der Waals surface area contributed by atoms with Crippen LogP contribution in [0, 0.1) is 11.8 Å². The van der Waals surface area contributed by atoms with Crippen LogP contribution in [0.2, 0.25) is 0 Å². The summed E-state index contributed by atoms with van der Waals surface area (Å²) >= 11 is 0. The van der Waals surface area contributed by atoms with Gasteiger partial charge in [-0.3, -0.25) is 9.59 Å². The van der Waals surface area contributed by atoms with Crippen molar-refractivity contribution in [1.29, 1.82) is 0 Å². The van der Waals surface area contributed by atoms with E-state index in [1.54, 1.807) is 0 Å². The SMILES string of the molecule is NC(=O)C(C(=O)O)C1CC1. The Morgan fingerprint density at radius 3 is 2.10 bits per heavy atom. The molecule has 0 bridgehead atoms. The lowest BCUT2D eigenvalue weighted by Crippen LogP contribution is -2.31. The molecule has 1 aliphatic carbocycles. The highest BCUT2D eigenvalue weighted by molar-refractivity contribution is 5.96. The zero-order valence-corrected chi connectivity index (χ0v) is 5.41. The summed E-state index contributed by atoms with van der Waals surface area (Å²) in [5, 5.41) is 8.45. The first-order chi connectivity index (χ1) is 4.63. The van der Waals surface area contributed by atoms with Crippen LogP contribution in [0.25, 0.3) is 0 Å². The number of rotatable bonds is 3. The van der Waals surface area contributed by atoms with Gasteiger partial charge < -0.3 is 10.8 Å². The van der Waals surface area contributed by atoms with E-state index >= 15 is 0 Å². The maximum absolute atomic E-state index is 10.5. The molecule has 0 aromatic carbocycles. The van der Waals surface area contributed by atoms with Crippen molar-refractivity contribution in [2.24, 2.45) is 17.6 Å². The summed E-state index contributed by atoms with van der Waals surface area (Å²) in [6.45, 7) is 0. The van der Waals surface area contributed by atoms with Crippen molar-refractivity contribution in [2.45, 2.75) is 12.8 Å². The van der Waals surface area contributed by atoms with Gasteiger partial charge in [-0.1, -0.05) is 0 Å². The Bertz CT molecular complexity index is 160. The van der Waals surface area contributed by atoms with Crippen LogP contribution in [-0.4, -0.2) is 17.0 Å². The molecule has 0 aromatic heterocycles. The largest absolute Gasteiger partial charge is 0.481 e. The molecule has 1 fully saturated rings. The summed E-state index contributed by atoms with van der Waals surface area (Å²) in [6, 6.07) is 0. The molecule has 0 heterocycles. The number of carboxylic acids is 1. The molecule has 1 aliphatic rings. The van der Waals surface area contributed by atoms with Gasteiger partial charge in [-0.2, -0.15) is 0 Å². The van der Waals surface area contributed by atoms with Crippen molar-refractivity contribution in [2.75, 3.05) is 0 Å². The van der Waals surface area contributed by atoms with Crippen LogP contribution in [-0.2, 0) is 9.59 Å². The zero-order valence-electron chi connectivity index (χ0n) is 5.41. The molecular weight excluding hydrogens is 134 g/mol. The van der Waals surface area contributed by atoms with E-state index in [0.29, 0.717) is 0 Å². The van der Waals surface area contributed by atoms with E-state index in [-0.39, 0.29) is 5.92 Å². The molecule has 1 unspecified atom stereocenters. The minimum absolute atomic E-state index is 0.00926. The van der Waals surface area contributed by atoms with Gasteiger partial charge in [-0.05, 0) is 18.8 Å². The van der Waals surface area contributed by atoms with Gasteiger partial charge in [0.2, 0.25) is 5.91 Å². The third kappa shape index (κ3) is 1.26. The maximum atomic E-state index is 10.5. The van der Waals surface area contributed by atoms with Crippen LogP contribution in [0.3, 0.4) is 0 Å². The van der Waals surface area contributed by atoms with Crippen molar-refractivity contribution in [3.05, 3.63) is 0 Å². The molecule has 0 aromatic rings. The van der Waals surface area contributed by atoms with Gasteiger partial charge in [0.05, 0.1) is 0 Å². The van der Waals surface area contributed by atoms with Crippen LogP contribution in [0.4, 0.5) is 0 Å². The fourth-order valence-corrected chi connectivity index (χ4v) is 0.985. The quantitative estimate of drug-likeness (QED) is 0.526. The Kier molecular flexibility index (Phi) is 1.61. The average molecular weight is 143 g/mol. The summed E-state index contributed by atoms with van der Waals surface area (Å²) in [5.41, 5.74) is 4.86. The lowest BCUT2D eigenvalue weighted by molar-refractivity contribution is -0.146. The molecule has 0 saturated heterocycles. The highest BCUT2D eigenvalue weighted by Gasteiger charge is 2.39. The van der Waals surface area contributed by atoms with Gasteiger partial charge in [0.15, 0.2) is 0 Å². The van der Waals surface area contributed by atoms with Gasteiger partial charge >= 0.3 is 5.97 Å². The highest BCUT2D eigenvalue weighted by atomic mass is 16.4. The van der Waals surface area contributed by atoms with E-state index in [9.17, 15) is 9.59 Å². The Morgan fingerprint density at radius 1 is 1.50 bits per heavy atom. The molecule has 10 heavy (non-hydrogen) atoms. The number of nitrogens with two attached hydrogens (primary N) is 1. The van der Waals surface area contributed by atoms with Gasteiger partial charge in [0.1, 0.15) is 5.92 Å². The molecule has 3 N–H and O–H groups in total. The second-order valence-electron chi connectivity index (χ2n) is 2.56. The highest BCUT2D eigenvalue weighted by Crippen LogP contribution is 2.36. The molecule has 1 rings (SSSR count). The van der Waals surface area contributed by atoms with Crippen molar-refractivity contribution in [3.63, 3.8) is 0 Å². The minimum Gasteiger partial charge on any atom is -0.481 e. The van der Waals surface area contributed by atoms with Crippen LogP contribution >= 0.6 is 0 Å². The van der Waals surface area contributed by atoms with Crippen LogP contribution < -0.4 is 5.73 Å². The summed E-state index contributed by atoms with van der Waals surface area (Å²) < 4.78 is 0. The fraction of sp³-hybridized carbons (Fsp3) is 0.667. The van der Waals surface area contributed by atoms with E-state index in [1.807, 2.05) is 0 Å². The lowest BCUT2D eigenvalue weighted by Gasteiger charge is -2.03. The normalized spacial score (nSPS) is 20.0. The second-order valence-corrected chi connectivity index (χ2v) is 2.56. The monoisotopic (exact) mass is 143 g/mol. The second kappa shape index (κ2) is 2.28. The molecule has 0 spiro atoms. The number of carbonyl (C=O) groups excluding carboxylic acids is 1. The number of hydrogen-bond acceptors (Lipinski definition) is 2. The predicted octanol–water partition coefficient (Wildman–Crippen LogP) is -0.418. The topological polar surface area (TPSA) is 80.4 Å². The van der Waals surface area contributed by atoms with E-state index in [4.69, 9.17) is 10.8 Å². The van der Waals surface area contributed by atoms with E-state index in [0.717, 1.165) is 12.8 Å². The minimum atomic E-state index is -1.09. The van der Waals surface area contributed by atoms with E-state index < -0.39 is 17.8 Å². The summed E-state index contributed by atoms with van der Waals surface area (Å²) in [7, 11) is 0. The first kappa shape index (κ1) is 7.05. The molecule has 1 saturated carbocycles. The number of carboxylic acid groups (broad SMARTS) is 1. The summed E-state index contributed by atoms with van der Waals surface area (Å²) in [4.78, 5) is 20.8. The van der Waals surface area contributed by atoms with Crippen LogP contribution in [0.1, 0.15) is 12.8 Å². The van der Waals surface area contributed by atoms with Gasteiger partial charge in [0, 0.05) is 0 Å². The Morgan fingerprint density at radius 2 is 2.00 bits per heavy atom. The molecule has 4 nitrogen and oxygen atoms in total. The lowest BCUT2D eigenvalue weighted by atomic mass is 10.0. The average Bonchev–Trinajstić information content (AvgIpc) is 2.46. The molecule has 0 radical (unpaired) electrons. The van der Waals surface area contributed by atoms with Crippen molar-refractivity contribution in [3.8, 4) is 0 Å². The molecule has 0 aliphatic heterocycles. The summed E-state index contributed by atoms with van der Waals surface area (Å²) in [5.74, 6) is -2.74. The third-order valence-corrected chi connectivity index (χ3v) is 1.67. The molecular formula is C6H9NO3. The Hall–Kier alpha value is -1.06. The first-order valence-corrected chi connectivity index (χ1v) is 3.15. The van der Waals surface area contributed by atoms with Crippen LogP contribution in [0.15, 0.2) is 0 Å². The smallest absolute Gasteiger partial charge is 0.316 e. The molecule has 4 heteroatoms. The van der Waals surface area contributed by atoms with Crippen molar-refractivity contribution >= 4 is 11.9 Å². The van der Waals surface area contributed by atoms with Crippen molar-refractivity contribution in [1.82, 2.24) is 0 Å². The number of primary amides is 1. The van der Waals surface area contributed by atoms with Gasteiger partial charge in [0.25, 0.3) is 0 Å². The fourth-order valence-electron chi connectivity index (χ4n) is 0.985. The third-order valence-electron chi connectivity index (χ3n) is 1.67. The number of carbonyl (C=O) groups is 2. The Labute approximate surface area is 58.0 Å².